The first kappa shape index (κ1) is 19.3. The molecule has 0 atom stereocenters. The lowest BCUT2D eigenvalue weighted by atomic mass is 10.1. The second-order valence-corrected chi connectivity index (χ2v) is 8.34. The summed E-state index contributed by atoms with van der Waals surface area (Å²) in [7, 11) is 0. The predicted molar refractivity (Wildman–Crippen MR) is 127 cm³/mol. The number of halogens is 1. The highest BCUT2D eigenvalue weighted by atomic mass is 35.5. The van der Waals surface area contributed by atoms with Crippen LogP contribution >= 0.6 is 22.9 Å². The zero-order chi connectivity index (χ0) is 21.2. The molecule has 3 aromatic carbocycles. The number of nitriles is 1. The Bertz CT molecular complexity index is 1410. The van der Waals surface area contributed by atoms with Crippen LogP contribution in [0.25, 0.3) is 38.8 Å². The minimum atomic E-state index is 0.504. The monoisotopic (exact) mass is 438 g/mol. The lowest BCUT2D eigenvalue weighted by molar-refractivity contribution is 0.884. The van der Waals surface area contributed by atoms with Crippen molar-refractivity contribution in [3.05, 3.63) is 101 Å². The second kappa shape index (κ2) is 8.19. The molecule has 0 aliphatic carbocycles. The molecule has 4 nitrogen and oxygen atoms in total. The van der Waals surface area contributed by atoms with Gasteiger partial charge in [0.2, 0.25) is 0 Å². The van der Waals surface area contributed by atoms with E-state index >= 15 is 0 Å². The molecule has 0 fully saturated rings. The fourth-order valence-corrected chi connectivity index (χ4v) is 4.38. The van der Waals surface area contributed by atoms with Gasteiger partial charge in [0.25, 0.3) is 0 Å². The Labute approximate surface area is 188 Å². The first-order valence-electron chi connectivity index (χ1n) is 9.60. The van der Waals surface area contributed by atoms with Crippen LogP contribution in [0.3, 0.4) is 0 Å². The van der Waals surface area contributed by atoms with Gasteiger partial charge in [-0.15, -0.1) is 11.3 Å². The molecule has 5 rings (SSSR count). The molecule has 2 aromatic heterocycles. The van der Waals surface area contributed by atoms with Gasteiger partial charge >= 0.3 is 0 Å². The highest BCUT2D eigenvalue weighted by Crippen LogP contribution is 2.31. The van der Waals surface area contributed by atoms with E-state index in [4.69, 9.17) is 16.7 Å². The lowest BCUT2D eigenvalue weighted by Crippen LogP contribution is -1.93. The molecule has 0 aliphatic heterocycles. The number of benzene rings is 3. The number of hydrogen-bond donors (Lipinski definition) is 0. The first-order chi connectivity index (χ1) is 15.2. The maximum atomic E-state index is 9.89. The number of allylic oxidation sites excluding steroid dienone is 1. The highest BCUT2D eigenvalue weighted by molar-refractivity contribution is 7.19. The summed E-state index contributed by atoms with van der Waals surface area (Å²) in [6.07, 6.45) is 3.79. The first-order valence-corrected chi connectivity index (χ1v) is 10.8. The largest absolute Gasteiger partial charge is 0.240 e. The van der Waals surface area contributed by atoms with Crippen molar-refractivity contribution < 1.29 is 0 Å². The summed E-state index contributed by atoms with van der Waals surface area (Å²) in [6, 6.07) is 27.6. The Balaban J connectivity index is 1.66. The van der Waals surface area contributed by atoms with Crippen molar-refractivity contribution >= 4 is 44.8 Å². The number of fused-ring (bicyclic) bond motifs is 1. The van der Waals surface area contributed by atoms with E-state index in [2.05, 4.69) is 11.1 Å². The van der Waals surface area contributed by atoms with Crippen molar-refractivity contribution in [2.24, 2.45) is 0 Å². The standard InChI is InChI=1S/C25H15ClN4S/c26-20-12-10-17(11-13-20)24-19(16-30(29-24)21-6-2-1-3-7-21)14-18(15-27)25-28-22-8-4-5-9-23(22)31-25/h1-14,16H. The van der Waals surface area contributed by atoms with Crippen LogP contribution in [0, 0.1) is 11.3 Å². The zero-order valence-electron chi connectivity index (χ0n) is 16.2. The normalized spacial score (nSPS) is 11.5. The van der Waals surface area contributed by atoms with Crippen LogP contribution in [0.1, 0.15) is 10.6 Å². The third kappa shape index (κ3) is 3.87. The summed E-state index contributed by atoms with van der Waals surface area (Å²) >= 11 is 7.59. The van der Waals surface area contributed by atoms with Crippen molar-refractivity contribution in [1.29, 1.82) is 5.26 Å². The molecule has 0 bridgehead atoms. The van der Waals surface area contributed by atoms with Crippen molar-refractivity contribution in [2.75, 3.05) is 0 Å². The molecule has 5 aromatic rings. The van der Waals surface area contributed by atoms with E-state index in [0.29, 0.717) is 15.6 Å². The van der Waals surface area contributed by atoms with Gasteiger partial charge < -0.3 is 0 Å². The van der Waals surface area contributed by atoms with Gasteiger partial charge in [-0.25, -0.2) is 9.67 Å². The summed E-state index contributed by atoms with van der Waals surface area (Å²) in [6.45, 7) is 0. The third-order valence-corrected chi connectivity index (χ3v) is 6.15. The van der Waals surface area contributed by atoms with Crippen LogP contribution in [0.5, 0.6) is 0 Å². The second-order valence-electron chi connectivity index (χ2n) is 6.88. The average Bonchev–Trinajstić information content (AvgIpc) is 3.43. The van der Waals surface area contributed by atoms with Crippen LogP contribution in [0.15, 0.2) is 85.1 Å². The average molecular weight is 439 g/mol. The molecule has 0 N–H and O–H groups in total. The molecule has 0 saturated heterocycles. The van der Waals surface area contributed by atoms with E-state index < -0.39 is 0 Å². The minimum Gasteiger partial charge on any atom is -0.240 e. The summed E-state index contributed by atoms with van der Waals surface area (Å²) in [5.74, 6) is 0. The summed E-state index contributed by atoms with van der Waals surface area (Å²) in [5, 5.41) is 16.1. The molecule has 0 radical (unpaired) electrons. The fourth-order valence-electron chi connectivity index (χ4n) is 3.32. The van der Waals surface area contributed by atoms with Crippen molar-refractivity contribution in [3.8, 4) is 23.0 Å². The Morgan fingerprint density at radius 2 is 1.71 bits per heavy atom. The van der Waals surface area contributed by atoms with Crippen LogP contribution in [-0.2, 0) is 0 Å². The lowest BCUT2D eigenvalue weighted by Gasteiger charge is -2.01. The topological polar surface area (TPSA) is 54.5 Å². The van der Waals surface area contributed by atoms with E-state index in [1.807, 2.05) is 95.8 Å². The smallest absolute Gasteiger partial charge is 0.135 e. The summed E-state index contributed by atoms with van der Waals surface area (Å²) in [5.41, 5.74) is 4.87. The number of thiazole rings is 1. The molecular formula is C25H15ClN4S. The van der Waals surface area contributed by atoms with Gasteiger partial charge in [-0.1, -0.05) is 54.1 Å². The molecule has 148 valence electrons. The van der Waals surface area contributed by atoms with Gasteiger partial charge in [0.15, 0.2) is 0 Å². The quantitative estimate of drug-likeness (QED) is 0.288. The van der Waals surface area contributed by atoms with Gasteiger partial charge in [0, 0.05) is 22.3 Å². The molecule has 0 saturated carbocycles. The zero-order valence-corrected chi connectivity index (χ0v) is 17.8. The molecule has 2 heterocycles. The number of aromatic nitrogens is 3. The fraction of sp³-hybridized carbons (Fsp3) is 0. The van der Waals surface area contributed by atoms with E-state index in [1.165, 1.54) is 11.3 Å². The van der Waals surface area contributed by atoms with Crippen LogP contribution in [0.4, 0.5) is 0 Å². The SMILES string of the molecule is N#CC(=Cc1cn(-c2ccccc2)nc1-c1ccc(Cl)cc1)c1nc2ccccc2s1. The third-order valence-electron chi connectivity index (χ3n) is 4.83. The van der Waals surface area contributed by atoms with E-state index in [1.54, 1.807) is 0 Å². The number of rotatable bonds is 4. The van der Waals surface area contributed by atoms with Crippen molar-refractivity contribution in [3.63, 3.8) is 0 Å². The highest BCUT2D eigenvalue weighted by Gasteiger charge is 2.14. The number of para-hydroxylation sites is 2. The summed E-state index contributed by atoms with van der Waals surface area (Å²) < 4.78 is 2.87. The van der Waals surface area contributed by atoms with E-state index in [-0.39, 0.29) is 0 Å². The Hall–Kier alpha value is -3.72. The van der Waals surface area contributed by atoms with E-state index in [9.17, 15) is 5.26 Å². The van der Waals surface area contributed by atoms with Gasteiger partial charge in [0.1, 0.15) is 11.1 Å². The number of hydrogen-bond acceptors (Lipinski definition) is 4. The van der Waals surface area contributed by atoms with Gasteiger partial charge in [-0.05, 0) is 42.5 Å². The molecule has 31 heavy (non-hydrogen) atoms. The molecule has 6 heteroatoms. The molecule has 0 spiro atoms. The molecule has 0 aliphatic rings. The molecule has 0 amide bonds. The Kier molecular flexibility index (Phi) is 5.09. The van der Waals surface area contributed by atoms with Crippen molar-refractivity contribution in [1.82, 2.24) is 14.8 Å². The van der Waals surface area contributed by atoms with Crippen LogP contribution in [0.2, 0.25) is 5.02 Å². The Morgan fingerprint density at radius 1 is 0.968 bits per heavy atom. The van der Waals surface area contributed by atoms with Crippen LogP contribution < -0.4 is 0 Å². The molecular weight excluding hydrogens is 424 g/mol. The van der Waals surface area contributed by atoms with Gasteiger partial charge in [0.05, 0.1) is 27.2 Å². The van der Waals surface area contributed by atoms with Crippen molar-refractivity contribution in [2.45, 2.75) is 0 Å². The van der Waals surface area contributed by atoms with E-state index in [0.717, 1.165) is 32.7 Å². The van der Waals surface area contributed by atoms with Gasteiger partial charge in [-0.2, -0.15) is 10.4 Å². The van der Waals surface area contributed by atoms with Crippen LogP contribution in [-0.4, -0.2) is 14.8 Å². The summed E-state index contributed by atoms with van der Waals surface area (Å²) in [4.78, 5) is 4.64. The maximum absolute atomic E-state index is 9.89. The Morgan fingerprint density at radius 3 is 2.45 bits per heavy atom. The number of nitrogens with zero attached hydrogens (tertiary/aromatic N) is 4. The minimum absolute atomic E-state index is 0.504. The van der Waals surface area contributed by atoms with Gasteiger partial charge in [-0.3, -0.25) is 0 Å². The molecule has 0 unspecified atom stereocenters. The maximum Gasteiger partial charge on any atom is 0.135 e. The predicted octanol–water partition coefficient (Wildman–Crippen LogP) is 6.87.